The number of thioether (sulfide) groups is 1. The van der Waals surface area contributed by atoms with Crippen molar-refractivity contribution in [2.45, 2.75) is 44.1 Å². The zero-order chi connectivity index (χ0) is 22.5. The summed E-state index contributed by atoms with van der Waals surface area (Å²) in [6.07, 6.45) is 9.01. The molecule has 5 fully saturated rings. The van der Waals surface area contributed by atoms with E-state index in [4.69, 9.17) is 21.7 Å². The van der Waals surface area contributed by atoms with E-state index in [9.17, 15) is 9.59 Å². The lowest BCUT2D eigenvalue weighted by molar-refractivity contribution is -0.132. The van der Waals surface area contributed by atoms with Gasteiger partial charge in [0.2, 0.25) is 5.91 Å². The minimum atomic E-state index is -0.226. The van der Waals surface area contributed by atoms with E-state index in [0.717, 1.165) is 42.6 Å². The molecule has 6 rings (SSSR count). The Balaban J connectivity index is 1.26. The predicted octanol–water partition coefficient (Wildman–Crippen LogP) is 3.99. The molecule has 6 nitrogen and oxygen atoms in total. The number of methoxy groups -OCH3 is 2. The van der Waals surface area contributed by atoms with Gasteiger partial charge in [0.1, 0.15) is 10.9 Å². The summed E-state index contributed by atoms with van der Waals surface area (Å²) in [7, 11) is 3.15. The standard InChI is InChI=1S/C24H28N2O4S2/c1-29-18-4-3-14(8-19(18)30-2)9-20-22(28)26(23(31)32-20)13-21(27)25-24-10-15-5-16(11-24)7-17(6-15)12-24/h3-4,8-9,15-17H,5-7,10-13H2,1-2H3,(H,25,27). The lowest BCUT2D eigenvalue weighted by Crippen LogP contribution is -2.61. The highest BCUT2D eigenvalue weighted by Gasteiger charge is 2.51. The van der Waals surface area contributed by atoms with Crippen LogP contribution in [-0.2, 0) is 9.59 Å². The third-order valence-corrected chi connectivity index (χ3v) is 8.70. The molecule has 5 aliphatic rings. The number of hydrogen-bond acceptors (Lipinski definition) is 6. The summed E-state index contributed by atoms with van der Waals surface area (Å²) in [5.74, 6) is 3.14. The van der Waals surface area contributed by atoms with Gasteiger partial charge in [-0.3, -0.25) is 14.5 Å². The van der Waals surface area contributed by atoms with E-state index in [2.05, 4.69) is 5.32 Å². The van der Waals surface area contributed by atoms with Crippen molar-refractivity contribution in [1.29, 1.82) is 0 Å². The van der Waals surface area contributed by atoms with Crippen LogP contribution in [0.3, 0.4) is 0 Å². The minimum Gasteiger partial charge on any atom is -0.493 e. The van der Waals surface area contributed by atoms with Crippen molar-refractivity contribution in [1.82, 2.24) is 10.2 Å². The largest absolute Gasteiger partial charge is 0.493 e. The topological polar surface area (TPSA) is 67.9 Å². The monoisotopic (exact) mass is 472 g/mol. The fraction of sp³-hybridized carbons (Fsp3) is 0.542. The quantitative estimate of drug-likeness (QED) is 0.499. The lowest BCUT2D eigenvalue weighted by Gasteiger charge is -2.57. The minimum absolute atomic E-state index is 0.0182. The SMILES string of the molecule is COc1ccc(C=C2SC(=S)N(CC(=O)NC34CC5CC(CC(C5)C3)C4)C2=O)cc1OC. The van der Waals surface area contributed by atoms with Gasteiger partial charge in [-0.25, -0.2) is 0 Å². The molecular formula is C24H28N2O4S2. The second-order valence-corrected chi connectivity index (χ2v) is 11.3. The van der Waals surface area contributed by atoms with Gasteiger partial charge in [0.05, 0.1) is 19.1 Å². The van der Waals surface area contributed by atoms with Crippen molar-refractivity contribution >= 4 is 46.2 Å². The van der Waals surface area contributed by atoms with Crippen LogP contribution in [0, 0.1) is 17.8 Å². The first kappa shape index (κ1) is 21.8. The summed E-state index contributed by atoms with van der Waals surface area (Å²) in [6, 6.07) is 5.46. The third-order valence-electron chi connectivity index (χ3n) is 7.32. The Morgan fingerprint density at radius 2 is 1.78 bits per heavy atom. The van der Waals surface area contributed by atoms with Crippen molar-refractivity contribution in [2.24, 2.45) is 17.8 Å². The van der Waals surface area contributed by atoms with Gasteiger partial charge in [-0.05, 0) is 80.1 Å². The Kier molecular flexibility index (Phi) is 5.70. The molecule has 4 saturated carbocycles. The molecule has 8 heteroatoms. The number of carbonyl (C=O) groups is 2. The summed E-state index contributed by atoms with van der Waals surface area (Å²) in [5.41, 5.74) is 0.739. The van der Waals surface area contributed by atoms with E-state index in [1.54, 1.807) is 26.4 Å². The first-order valence-electron chi connectivity index (χ1n) is 11.2. The molecule has 0 radical (unpaired) electrons. The number of thiocarbonyl (C=S) groups is 1. The Hall–Kier alpha value is -2.06. The molecule has 1 N–H and O–H groups in total. The van der Waals surface area contributed by atoms with Gasteiger partial charge in [0.25, 0.3) is 5.91 Å². The summed E-state index contributed by atoms with van der Waals surface area (Å²) in [4.78, 5) is 27.9. The average Bonchev–Trinajstić information content (AvgIpc) is 2.99. The van der Waals surface area contributed by atoms with Crippen LogP contribution in [0.25, 0.3) is 6.08 Å². The van der Waals surface area contributed by atoms with Crippen molar-refractivity contribution in [3.05, 3.63) is 28.7 Å². The van der Waals surface area contributed by atoms with E-state index >= 15 is 0 Å². The maximum absolute atomic E-state index is 13.0. The molecule has 170 valence electrons. The summed E-state index contributed by atoms with van der Waals surface area (Å²) >= 11 is 6.66. The van der Waals surface area contributed by atoms with E-state index in [-0.39, 0.29) is 23.9 Å². The Labute approximate surface area is 198 Å². The Morgan fingerprint density at radius 1 is 1.16 bits per heavy atom. The van der Waals surface area contributed by atoms with E-state index in [1.165, 1.54) is 35.9 Å². The first-order valence-corrected chi connectivity index (χ1v) is 12.4. The molecule has 4 aliphatic carbocycles. The predicted molar refractivity (Wildman–Crippen MR) is 128 cm³/mol. The maximum Gasteiger partial charge on any atom is 0.266 e. The number of amides is 2. The fourth-order valence-corrected chi connectivity index (χ4v) is 7.73. The zero-order valence-corrected chi connectivity index (χ0v) is 20.0. The fourth-order valence-electron chi connectivity index (χ4n) is 6.47. The van der Waals surface area contributed by atoms with Gasteiger partial charge in [-0.1, -0.05) is 30.0 Å². The number of carbonyl (C=O) groups excluding carboxylic acids is 2. The molecule has 1 aliphatic heterocycles. The lowest BCUT2D eigenvalue weighted by atomic mass is 9.53. The maximum atomic E-state index is 13.0. The molecule has 1 saturated heterocycles. The van der Waals surface area contributed by atoms with E-state index < -0.39 is 0 Å². The normalized spacial score (nSPS) is 32.0. The van der Waals surface area contributed by atoms with Crippen LogP contribution in [0.2, 0.25) is 0 Å². The van der Waals surface area contributed by atoms with Crippen molar-refractivity contribution in [3.63, 3.8) is 0 Å². The van der Waals surface area contributed by atoms with Gasteiger partial charge in [0, 0.05) is 5.54 Å². The molecule has 32 heavy (non-hydrogen) atoms. The molecule has 0 aromatic heterocycles. The molecule has 2 amide bonds. The summed E-state index contributed by atoms with van der Waals surface area (Å²) < 4.78 is 11.0. The van der Waals surface area contributed by atoms with Crippen LogP contribution < -0.4 is 14.8 Å². The third kappa shape index (κ3) is 4.03. The van der Waals surface area contributed by atoms with Crippen LogP contribution in [0.15, 0.2) is 23.1 Å². The number of rotatable bonds is 6. The van der Waals surface area contributed by atoms with Gasteiger partial charge in [-0.2, -0.15) is 0 Å². The number of nitrogens with one attached hydrogen (secondary N) is 1. The van der Waals surface area contributed by atoms with Gasteiger partial charge < -0.3 is 14.8 Å². The molecule has 1 aromatic rings. The number of hydrogen-bond donors (Lipinski definition) is 1. The van der Waals surface area contributed by atoms with Crippen LogP contribution in [-0.4, -0.2) is 47.3 Å². The van der Waals surface area contributed by atoms with Gasteiger partial charge in [-0.15, -0.1) is 0 Å². The van der Waals surface area contributed by atoms with Crippen LogP contribution in [0.1, 0.15) is 44.1 Å². The smallest absolute Gasteiger partial charge is 0.266 e. The van der Waals surface area contributed by atoms with E-state index in [1.807, 2.05) is 12.1 Å². The molecule has 0 unspecified atom stereocenters. The van der Waals surface area contributed by atoms with Crippen LogP contribution >= 0.6 is 24.0 Å². The Morgan fingerprint density at radius 3 is 2.38 bits per heavy atom. The van der Waals surface area contributed by atoms with Crippen molar-refractivity contribution < 1.29 is 19.1 Å². The molecule has 1 heterocycles. The molecule has 0 spiro atoms. The number of ether oxygens (including phenoxy) is 2. The van der Waals surface area contributed by atoms with Crippen LogP contribution in [0.5, 0.6) is 11.5 Å². The summed E-state index contributed by atoms with van der Waals surface area (Å²) in [6.45, 7) is -0.0182. The zero-order valence-electron chi connectivity index (χ0n) is 18.4. The second kappa shape index (κ2) is 8.37. The van der Waals surface area contributed by atoms with E-state index in [0.29, 0.717) is 20.7 Å². The van der Waals surface area contributed by atoms with Gasteiger partial charge in [0.15, 0.2) is 11.5 Å². The van der Waals surface area contributed by atoms with Crippen molar-refractivity contribution in [3.8, 4) is 11.5 Å². The average molecular weight is 473 g/mol. The Bertz CT molecular complexity index is 970. The number of nitrogens with zero attached hydrogens (tertiary/aromatic N) is 1. The van der Waals surface area contributed by atoms with Crippen LogP contribution in [0.4, 0.5) is 0 Å². The highest BCUT2D eigenvalue weighted by Crippen LogP contribution is 2.55. The molecule has 4 bridgehead atoms. The molecule has 1 aromatic carbocycles. The molecule has 0 atom stereocenters. The summed E-state index contributed by atoms with van der Waals surface area (Å²) in [5, 5.41) is 3.33. The second-order valence-electron chi connectivity index (χ2n) is 9.63. The van der Waals surface area contributed by atoms with Gasteiger partial charge >= 0.3 is 0 Å². The highest BCUT2D eigenvalue weighted by atomic mass is 32.2. The first-order chi connectivity index (χ1) is 15.4. The molecular weight excluding hydrogens is 444 g/mol. The highest BCUT2D eigenvalue weighted by molar-refractivity contribution is 8.26. The number of benzene rings is 1. The van der Waals surface area contributed by atoms with Crippen molar-refractivity contribution in [2.75, 3.05) is 20.8 Å².